The van der Waals surface area contributed by atoms with Gasteiger partial charge in [-0.3, -0.25) is 4.79 Å². The number of nitrogens with zero attached hydrogens (tertiary/aromatic N) is 4. The Balaban J connectivity index is 0.000000873. The molecule has 1 amide bonds. The molecule has 1 aromatic carbocycles. The number of halogens is 6. The maximum atomic E-state index is 13.7. The number of carbonyl (C=O) groups excluding carboxylic acids is 1. The van der Waals surface area contributed by atoms with E-state index in [0.29, 0.717) is 12.1 Å². The van der Waals surface area contributed by atoms with Crippen LogP contribution >= 0.6 is 7.82 Å². The van der Waals surface area contributed by atoms with E-state index in [1.54, 1.807) is 0 Å². The first-order valence-corrected chi connectivity index (χ1v) is 10.6. The van der Waals surface area contributed by atoms with Crippen molar-refractivity contribution in [3.63, 3.8) is 0 Å². The van der Waals surface area contributed by atoms with Gasteiger partial charge in [0.15, 0.2) is 17.5 Å². The summed E-state index contributed by atoms with van der Waals surface area (Å²) in [5.41, 5.74) is 5.64. The van der Waals surface area contributed by atoms with Crippen molar-refractivity contribution in [2.75, 3.05) is 6.54 Å². The lowest BCUT2D eigenvalue weighted by molar-refractivity contribution is -0.148. The number of carbonyl (C=O) groups is 1. The third-order valence-electron chi connectivity index (χ3n) is 4.37. The highest BCUT2D eigenvalue weighted by Crippen LogP contribution is 2.29. The molecular formula is C16H20F6N5O6P. The van der Waals surface area contributed by atoms with Gasteiger partial charge in [0.2, 0.25) is 11.7 Å². The molecule has 1 aliphatic heterocycles. The molecule has 0 spiro atoms. The van der Waals surface area contributed by atoms with Gasteiger partial charge < -0.3 is 35.4 Å². The minimum atomic E-state index is -4.64. The second-order valence-corrected chi connectivity index (χ2v) is 7.97. The van der Waals surface area contributed by atoms with Crippen molar-refractivity contribution in [2.24, 2.45) is 5.73 Å². The SMILES string of the molecule is NC(CC(=O)N1CCn2c(nnc2C(F)(F)F)C1)Cc1cc(F)c(F)cc1F.O.O=P(O)(O)O. The molecule has 7 N–H and O–H groups in total. The summed E-state index contributed by atoms with van der Waals surface area (Å²) in [6, 6.07) is 0.184. The Morgan fingerprint density at radius 1 is 1.09 bits per heavy atom. The summed E-state index contributed by atoms with van der Waals surface area (Å²) in [6.45, 7) is -0.302. The number of alkyl halides is 3. The van der Waals surface area contributed by atoms with E-state index in [1.165, 1.54) is 4.90 Å². The molecule has 2 heterocycles. The van der Waals surface area contributed by atoms with E-state index in [-0.39, 0.29) is 49.3 Å². The highest BCUT2D eigenvalue weighted by Gasteiger charge is 2.40. The fraction of sp³-hybridized carbons (Fsp3) is 0.438. The first kappa shape index (κ1) is 29.5. The minimum Gasteiger partial charge on any atom is -0.412 e. The van der Waals surface area contributed by atoms with Crippen LogP contribution in [0.15, 0.2) is 12.1 Å². The van der Waals surface area contributed by atoms with E-state index < -0.39 is 49.2 Å². The number of hydrogen-bond donors (Lipinski definition) is 4. The van der Waals surface area contributed by atoms with Crippen LogP contribution < -0.4 is 5.73 Å². The Kier molecular flexibility index (Phi) is 9.75. The van der Waals surface area contributed by atoms with Gasteiger partial charge in [0.05, 0.1) is 6.54 Å². The van der Waals surface area contributed by atoms with Crippen molar-refractivity contribution in [3.05, 3.63) is 46.8 Å². The average molecular weight is 523 g/mol. The van der Waals surface area contributed by atoms with Gasteiger partial charge in [-0.05, 0) is 18.1 Å². The van der Waals surface area contributed by atoms with Gasteiger partial charge in [-0.15, -0.1) is 10.2 Å². The van der Waals surface area contributed by atoms with Crippen molar-refractivity contribution >= 4 is 13.7 Å². The highest BCUT2D eigenvalue weighted by atomic mass is 31.2. The molecule has 1 aliphatic rings. The van der Waals surface area contributed by atoms with Crippen LogP contribution in [0.5, 0.6) is 0 Å². The quantitative estimate of drug-likeness (QED) is 0.250. The van der Waals surface area contributed by atoms with Crippen LogP contribution in [-0.4, -0.2) is 58.3 Å². The number of rotatable bonds is 4. The van der Waals surface area contributed by atoms with Crippen LogP contribution in [0.3, 0.4) is 0 Å². The second-order valence-electron chi connectivity index (χ2n) is 6.94. The molecule has 0 fully saturated rings. The number of benzene rings is 1. The first-order valence-electron chi connectivity index (χ1n) is 9.00. The molecule has 2 aromatic rings. The molecular weight excluding hydrogens is 503 g/mol. The second kappa shape index (κ2) is 11.2. The van der Waals surface area contributed by atoms with E-state index in [9.17, 15) is 31.1 Å². The van der Waals surface area contributed by atoms with Gasteiger partial charge in [0, 0.05) is 31.6 Å². The van der Waals surface area contributed by atoms with Crippen molar-refractivity contribution in [1.82, 2.24) is 19.7 Å². The molecule has 0 saturated heterocycles. The predicted molar refractivity (Wildman–Crippen MR) is 101 cm³/mol. The topological polar surface area (TPSA) is 186 Å². The van der Waals surface area contributed by atoms with Crippen LogP contribution in [0.25, 0.3) is 0 Å². The Morgan fingerprint density at radius 3 is 2.21 bits per heavy atom. The smallest absolute Gasteiger partial charge is 0.412 e. The van der Waals surface area contributed by atoms with Crippen molar-refractivity contribution in [3.8, 4) is 0 Å². The third kappa shape index (κ3) is 8.34. The van der Waals surface area contributed by atoms with Crippen LogP contribution in [0.1, 0.15) is 23.6 Å². The number of fused-ring (bicyclic) bond motifs is 1. The van der Waals surface area contributed by atoms with Gasteiger partial charge in [-0.2, -0.15) is 13.2 Å². The summed E-state index contributed by atoms with van der Waals surface area (Å²) in [4.78, 5) is 35.2. The summed E-state index contributed by atoms with van der Waals surface area (Å²) < 4.78 is 88.1. The van der Waals surface area contributed by atoms with Gasteiger partial charge in [-0.1, -0.05) is 0 Å². The van der Waals surface area contributed by atoms with Crippen molar-refractivity contribution in [2.45, 2.75) is 38.1 Å². The summed E-state index contributed by atoms with van der Waals surface area (Å²) in [5.74, 6) is -5.15. The van der Waals surface area contributed by atoms with E-state index >= 15 is 0 Å². The molecule has 0 aliphatic carbocycles. The maximum absolute atomic E-state index is 13.7. The predicted octanol–water partition coefficient (Wildman–Crippen LogP) is 0.263. The van der Waals surface area contributed by atoms with Crippen molar-refractivity contribution < 1.29 is 55.9 Å². The zero-order valence-electron chi connectivity index (χ0n) is 17.0. The largest absolute Gasteiger partial charge is 0.466 e. The molecule has 34 heavy (non-hydrogen) atoms. The summed E-state index contributed by atoms with van der Waals surface area (Å²) in [7, 11) is -4.64. The van der Waals surface area contributed by atoms with E-state index in [2.05, 4.69) is 10.2 Å². The first-order chi connectivity index (χ1) is 15.1. The fourth-order valence-corrected chi connectivity index (χ4v) is 3.01. The number of hydrogen-bond acceptors (Lipinski definition) is 5. The normalized spacial score (nSPS) is 14.5. The molecule has 11 nitrogen and oxygen atoms in total. The number of nitrogens with two attached hydrogens (primary N) is 1. The summed E-state index contributed by atoms with van der Waals surface area (Å²) in [6.07, 6.45) is -5.11. The standard InChI is InChI=1S/C16H15F6N5O.H3O4P.H2O/c17-10-6-12(19)11(18)4-8(10)3-9(23)5-14(28)26-1-2-27-13(7-26)24-25-15(27)16(20,21)22;1-5(2,3)4;/h4,6,9H,1-3,5,7,23H2;(H3,1,2,3,4);1H2. The number of phosphoric acid groups is 1. The Labute approximate surface area is 187 Å². The third-order valence-corrected chi connectivity index (χ3v) is 4.37. The van der Waals surface area contributed by atoms with Gasteiger partial charge in [0.1, 0.15) is 5.82 Å². The zero-order chi connectivity index (χ0) is 25.1. The lowest BCUT2D eigenvalue weighted by Gasteiger charge is -2.29. The molecule has 0 saturated carbocycles. The molecule has 1 aromatic heterocycles. The summed E-state index contributed by atoms with van der Waals surface area (Å²) in [5, 5.41) is 6.60. The van der Waals surface area contributed by atoms with E-state index in [4.69, 9.17) is 25.0 Å². The molecule has 3 rings (SSSR count). The molecule has 1 atom stereocenters. The average Bonchev–Trinajstić information content (AvgIpc) is 3.08. The van der Waals surface area contributed by atoms with E-state index in [1.807, 2.05) is 0 Å². The maximum Gasteiger partial charge on any atom is 0.466 e. The fourth-order valence-electron chi connectivity index (χ4n) is 3.01. The molecule has 1 unspecified atom stereocenters. The zero-order valence-corrected chi connectivity index (χ0v) is 17.9. The van der Waals surface area contributed by atoms with Crippen molar-refractivity contribution in [1.29, 1.82) is 0 Å². The van der Waals surface area contributed by atoms with Crippen LogP contribution in [0.4, 0.5) is 26.3 Å². The lowest BCUT2D eigenvalue weighted by atomic mass is 10.0. The lowest BCUT2D eigenvalue weighted by Crippen LogP contribution is -2.42. The van der Waals surface area contributed by atoms with Crippen LogP contribution in [0, 0.1) is 17.5 Å². The Hall–Kier alpha value is -2.56. The Bertz CT molecular complexity index is 1050. The van der Waals surface area contributed by atoms with E-state index in [0.717, 1.165) is 4.57 Å². The molecule has 0 radical (unpaired) electrons. The number of aromatic nitrogens is 3. The summed E-state index contributed by atoms with van der Waals surface area (Å²) >= 11 is 0. The van der Waals surface area contributed by atoms with Crippen LogP contribution in [0.2, 0.25) is 0 Å². The van der Waals surface area contributed by atoms with Gasteiger partial charge in [0.25, 0.3) is 0 Å². The molecule has 18 heteroatoms. The molecule has 0 bridgehead atoms. The van der Waals surface area contributed by atoms with Crippen LogP contribution in [-0.2, 0) is 35.0 Å². The highest BCUT2D eigenvalue weighted by molar-refractivity contribution is 7.45. The molecule has 192 valence electrons. The monoisotopic (exact) mass is 523 g/mol. The van der Waals surface area contributed by atoms with Gasteiger partial charge >= 0.3 is 14.0 Å². The number of amides is 1. The minimum absolute atomic E-state index is 0. The Morgan fingerprint density at radius 2 is 1.65 bits per heavy atom. The van der Waals surface area contributed by atoms with Gasteiger partial charge in [-0.25, -0.2) is 17.7 Å².